The van der Waals surface area contributed by atoms with Crippen molar-refractivity contribution in [1.82, 2.24) is 4.98 Å². The summed E-state index contributed by atoms with van der Waals surface area (Å²) in [5, 5.41) is 0.416. The molecule has 3 aromatic rings. The standard InChI is InChI=1S/C18H13NO5/c1-9-6-14-16(18(22)19-9)11(7-15(20)24-14)12-8-23-13-5-3-2-4-10(13)17(12)21/h2-6,8,11H,7H2,1H3,(H,19,22)/t11-/m1/s1. The van der Waals surface area contributed by atoms with E-state index in [1.165, 1.54) is 6.26 Å². The summed E-state index contributed by atoms with van der Waals surface area (Å²) in [6.07, 6.45) is 1.25. The van der Waals surface area contributed by atoms with Gasteiger partial charge >= 0.3 is 5.97 Å². The van der Waals surface area contributed by atoms with Crippen molar-refractivity contribution in [2.45, 2.75) is 19.3 Å². The number of aryl methyl sites for hydroxylation is 1. The number of aromatic amines is 1. The number of H-pyrrole nitrogens is 1. The van der Waals surface area contributed by atoms with Crippen molar-refractivity contribution >= 4 is 16.9 Å². The minimum Gasteiger partial charge on any atom is -0.464 e. The number of fused-ring (bicyclic) bond motifs is 2. The highest BCUT2D eigenvalue weighted by molar-refractivity contribution is 5.80. The van der Waals surface area contributed by atoms with Crippen LogP contribution in [-0.2, 0) is 4.79 Å². The van der Waals surface area contributed by atoms with Crippen LogP contribution in [0.25, 0.3) is 11.0 Å². The first-order chi connectivity index (χ1) is 11.5. The fourth-order valence-corrected chi connectivity index (χ4v) is 3.12. The van der Waals surface area contributed by atoms with E-state index in [1.807, 2.05) is 0 Å². The quantitative estimate of drug-likeness (QED) is 0.694. The third-order valence-corrected chi connectivity index (χ3v) is 4.19. The molecule has 6 nitrogen and oxygen atoms in total. The maximum atomic E-state index is 12.8. The van der Waals surface area contributed by atoms with Crippen molar-refractivity contribution in [3.8, 4) is 5.75 Å². The molecule has 24 heavy (non-hydrogen) atoms. The molecule has 0 fully saturated rings. The summed E-state index contributed by atoms with van der Waals surface area (Å²) in [7, 11) is 0. The number of benzene rings is 1. The molecule has 4 rings (SSSR count). The Morgan fingerprint density at radius 1 is 1.17 bits per heavy atom. The van der Waals surface area contributed by atoms with Gasteiger partial charge in [0.05, 0.1) is 23.6 Å². The molecule has 6 heteroatoms. The molecule has 1 aliphatic rings. The topological polar surface area (TPSA) is 89.4 Å². The lowest BCUT2D eigenvalue weighted by Gasteiger charge is -2.23. The molecule has 0 spiro atoms. The average molecular weight is 323 g/mol. The normalized spacial score (nSPS) is 16.7. The minimum absolute atomic E-state index is 0.0811. The van der Waals surface area contributed by atoms with Gasteiger partial charge in [0, 0.05) is 23.2 Å². The Hall–Kier alpha value is -3.15. The first-order valence-electron chi connectivity index (χ1n) is 7.49. The summed E-state index contributed by atoms with van der Waals surface area (Å²) in [5.74, 6) is -0.971. The summed E-state index contributed by atoms with van der Waals surface area (Å²) in [6.45, 7) is 1.70. The molecule has 0 radical (unpaired) electrons. The molecular formula is C18H13NO5. The molecule has 0 aliphatic carbocycles. The zero-order valence-corrected chi connectivity index (χ0v) is 12.8. The third kappa shape index (κ3) is 2.15. The number of ether oxygens (including phenoxy) is 1. The Morgan fingerprint density at radius 3 is 2.79 bits per heavy atom. The van der Waals surface area contributed by atoms with Crippen LogP contribution in [0, 0.1) is 6.92 Å². The Bertz CT molecular complexity index is 1090. The van der Waals surface area contributed by atoms with E-state index >= 15 is 0 Å². The van der Waals surface area contributed by atoms with Crippen LogP contribution in [0.5, 0.6) is 5.75 Å². The summed E-state index contributed by atoms with van der Waals surface area (Å²) in [4.78, 5) is 39.8. The van der Waals surface area contributed by atoms with Crippen molar-refractivity contribution in [1.29, 1.82) is 0 Å². The van der Waals surface area contributed by atoms with Gasteiger partial charge in [-0.3, -0.25) is 14.4 Å². The zero-order valence-electron chi connectivity index (χ0n) is 12.8. The molecule has 1 aliphatic heterocycles. The van der Waals surface area contributed by atoms with Crippen LogP contribution in [0.1, 0.15) is 29.2 Å². The monoisotopic (exact) mass is 323 g/mol. The van der Waals surface area contributed by atoms with Gasteiger partial charge in [-0.2, -0.15) is 0 Å². The molecule has 0 unspecified atom stereocenters. The van der Waals surface area contributed by atoms with Gasteiger partial charge in [0.15, 0.2) is 5.43 Å². The van der Waals surface area contributed by atoms with Crippen LogP contribution in [0.15, 0.2) is 50.6 Å². The van der Waals surface area contributed by atoms with Crippen LogP contribution < -0.4 is 15.7 Å². The highest BCUT2D eigenvalue weighted by atomic mass is 16.5. The van der Waals surface area contributed by atoms with E-state index < -0.39 is 11.9 Å². The Morgan fingerprint density at radius 2 is 1.96 bits per heavy atom. The predicted molar refractivity (Wildman–Crippen MR) is 86.4 cm³/mol. The van der Waals surface area contributed by atoms with Gasteiger partial charge in [0.2, 0.25) is 0 Å². The maximum Gasteiger partial charge on any atom is 0.312 e. The second kappa shape index (κ2) is 5.19. The number of nitrogens with one attached hydrogen (secondary N) is 1. The Kier molecular flexibility index (Phi) is 3.13. The molecule has 0 saturated carbocycles. The van der Waals surface area contributed by atoms with Gasteiger partial charge in [-0.1, -0.05) is 12.1 Å². The van der Waals surface area contributed by atoms with Gasteiger partial charge in [-0.25, -0.2) is 0 Å². The van der Waals surface area contributed by atoms with E-state index in [4.69, 9.17) is 9.15 Å². The van der Waals surface area contributed by atoms with Crippen LogP contribution >= 0.6 is 0 Å². The first kappa shape index (κ1) is 14.4. The van der Waals surface area contributed by atoms with Gasteiger partial charge in [0.25, 0.3) is 5.56 Å². The van der Waals surface area contributed by atoms with Gasteiger partial charge in [-0.05, 0) is 19.1 Å². The molecule has 1 atom stereocenters. The number of hydrogen-bond donors (Lipinski definition) is 1. The SMILES string of the molecule is Cc1cc2c(c(=O)[nH]1)[C@@H](c1coc3ccccc3c1=O)CC(=O)O2. The first-order valence-corrected chi connectivity index (χ1v) is 7.49. The van der Waals surface area contributed by atoms with Gasteiger partial charge < -0.3 is 14.1 Å². The number of carbonyl (C=O) groups is 1. The van der Waals surface area contributed by atoms with E-state index in [1.54, 1.807) is 37.3 Å². The van der Waals surface area contributed by atoms with Crippen molar-refractivity contribution in [3.63, 3.8) is 0 Å². The average Bonchev–Trinajstić information content (AvgIpc) is 2.54. The lowest BCUT2D eigenvalue weighted by atomic mass is 9.87. The lowest BCUT2D eigenvalue weighted by molar-refractivity contribution is -0.135. The molecule has 0 saturated heterocycles. The van der Waals surface area contributed by atoms with Crippen LogP contribution in [0.3, 0.4) is 0 Å². The molecule has 0 bridgehead atoms. The summed E-state index contributed by atoms with van der Waals surface area (Å²) in [6, 6.07) is 8.45. The second-order valence-corrected chi connectivity index (χ2v) is 5.81. The van der Waals surface area contributed by atoms with E-state index in [9.17, 15) is 14.4 Å². The van der Waals surface area contributed by atoms with Gasteiger partial charge in [0.1, 0.15) is 11.3 Å². The van der Waals surface area contributed by atoms with Crippen molar-refractivity contribution < 1.29 is 13.9 Å². The minimum atomic E-state index is -0.688. The highest BCUT2D eigenvalue weighted by Crippen LogP contribution is 2.35. The number of carbonyl (C=O) groups excluding carboxylic acids is 1. The molecule has 2 aromatic heterocycles. The second-order valence-electron chi connectivity index (χ2n) is 5.81. The van der Waals surface area contributed by atoms with E-state index in [2.05, 4.69) is 4.98 Å². The number of para-hydroxylation sites is 1. The van der Waals surface area contributed by atoms with Crippen molar-refractivity contribution in [2.75, 3.05) is 0 Å². The van der Waals surface area contributed by atoms with Crippen LogP contribution in [-0.4, -0.2) is 11.0 Å². The lowest BCUT2D eigenvalue weighted by Crippen LogP contribution is -2.30. The van der Waals surface area contributed by atoms with Crippen molar-refractivity contribution in [3.05, 3.63) is 74.0 Å². The molecule has 1 N–H and O–H groups in total. The van der Waals surface area contributed by atoms with Crippen LogP contribution in [0.4, 0.5) is 0 Å². The summed E-state index contributed by atoms with van der Waals surface area (Å²) >= 11 is 0. The number of hydrogen-bond acceptors (Lipinski definition) is 5. The summed E-state index contributed by atoms with van der Waals surface area (Å²) < 4.78 is 10.7. The smallest absolute Gasteiger partial charge is 0.312 e. The Labute approximate surface area is 135 Å². The molecule has 120 valence electrons. The number of esters is 1. The zero-order chi connectivity index (χ0) is 16.8. The molecule has 0 amide bonds. The molecule has 3 heterocycles. The number of aromatic nitrogens is 1. The van der Waals surface area contributed by atoms with Gasteiger partial charge in [-0.15, -0.1) is 0 Å². The fourth-order valence-electron chi connectivity index (χ4n) is 3.12. The van der Waals surface area contributed by atoms with E-state index in [-0.39, 0.29) is 34.3 Å². The highest BCUT2D eigenvalue weighted by Gasteiger charge is 2.33. The van der Waals surface area contributed by atoms with E-state index in [0.29, 0.717) is 16.7 Å². The Balaban J connectivity index is 1.99. The number of rotatable bonds is 1. The molecule has 1 aromatic carbocycles. The maximum absolute atomic E-state index is 12.8. The van der Waals surface area contributed by atoms with Crippen molar-refractivity contribution in [2.24, 2.45) is 0 Å². The fraction of sp³-hybridized carbons (Fsp3) is 0.167. The molecular weight excluding hydrogens is 310 g/mol. The van der Waals surface area contributed by atoms with Crippen LogP contribution in [0.2, 0.25) is 0 Å². The summed E-state index contributed by atoms with van der Waals surface area (Å²) in [5.41, 5.74) is 0.988. The van der Waals surface area contributed by atoms with E-state index in [0.717, 1.165) is 0 Å². The third-order valence-electron chi connectivity index (χ3n) is 4.19. The largest absolute Gasteiger partial charge is 0.464 e. The predicted octanol–water partition coefficient (Wildman–Crippen LogP) is 2.23. The number of pyridine rings is 1.